The Bertz CT molecular complexity index is 1330. The number of fused-ring (bicyclic) bond motifs is 1. The number of carbonyl (C=O) groups excluding carboxylic acids is 1. The van der Waals surface area contributed by atoms with Crippen molar-refractivity contribution in [3.8, 4) is 11.5 Å². The van der Waals surface area contributed by atoms with E-state index in [2.05, 4.69) is 10.1 Å². The molecule has 1 aromatic heterocycles. The third-order valence-electron chi connectivity index (χ3n) is 4.22. The van der Waals surface area contributed by atoms with Gasteiger partial charge in [-0.15, -0.1) is 4.68 Å². The van der Waals surface area contributed by atoms with E-state index in [0.717, 1.165) is 12.3 Å². The van der Waals surface area contributed by atoms with Crippen LogP contribution in [0.5, 0.6) is 11.5 Å². The first-order valence-electron chi connectivity index (χ1n) is 9.29. The second-order valence-electron chi connectivity index (χ2n) is 6.26. The monoisotopic (exact) mass is 442 g/mol. The Morgan fingerprint density at radius 3 is 2.72 bits per heavy atom. The lowest BCUT2D eigenvalue weighted by Crippen LogP contribution is -2.32. The highest BCUT2D eigenvalue weighted by Crippen LogP contribution is 2.38. The van der Waals surface area contributed by atoms with Crippen molar-refractivity contribution in [3.05, 3.63) is 72.9 Å². The summed E-state index contributed by atoms with van der Waals surface area (Å²) in [6, 6.07) is 8.87. The normalized spacial score (nSPS) is 10.9. The second kappa shape index (κ2) is 9.55. The van der Waals surface area contributed by atoms with E-state index in [0.29, 0.717) is 10.2 Å². The van der Waals surface area contributed by atoms with Gasteiger partial charge in [-0.1, -0.05) is 12.1 Å². The molecule has 3 rings (SSSR count). The number of aromatic nitrogens is 2. The number of aromatic amines is 1. The van der Waals surface area contributed by atoms with Crippen molar-refractivity contribution in [3.63, 3.8) is 0 Å². The van der Waals surface area contributed by atoms with Crippen LogP contribution in [-0.2, 0) is 9.53 Å². The van der Waals surface area contributed by atoms with Crippen LogP contribution in [0.2, 0.25) is 0 Å². The number of nitrogens with zero attached hydrogens (tertiary/aromatic N) is 3. The molecule has 32 heavy (non-hydrogen) atoms. The van der Waals surface area contributed by atoms with Gasteiger partial charge in [0.1, 0.15) is 0 Å². The third-order valence-corrected chi connectivity index (χ3v) is 4.22. The molecule has 1 N–H and O–H groups in total. The predicted octanol–water partition coefficient (Wildman–Crippen LogP) is 1.43. The van der Waals surface area contributed by atoms with Crippen LogP contribution in [0.1, 0.15) is 12.5 Å². The highest BCUT2D eigenvalue weighted by atomic mass is 16.6. The maximum absolute atomic E-state index is 12.6. The Labute approximate surface area is 179 Å². The zero-order valence-corrected chi connectivity index (χ0v) is 17.1. The lowest BCUT2D eigenvalue weighted by molar-refractivity contribution is -0.385. The average molecular weight is 442 g/mol. The van der Waals surface area contributed by atoms with Crippen LogP contribution in [0, 0.1) is 10.1 Å². The van der Waals surface area contributed by atoms with Gasteiger partial charge in [-0.25, -0.2) is 9.59 Å². The smallest absolute Gasteiger partial charge is 0.349 e. The Morgan fingerprint density at radius 1 is 1.28 bits per heavy atom. The van der Waals surface area contributed by atoms with Crippen LogP contribution in [0.3, 0.4) is 0 Å². The minimum absolute atomic E-state index is 0.0512. The van der Waals surface area contributed by atoms with Gasteiger partial charge in [-0.05, 0) is 25.1 Å². The molecule has 0 unspecified atom stereocenters. The standard InChI is InChI=1S/C20H18N4O8/c1-3-31-17(25)11-32-18-15(24(28)29)8-12(9-16(18)30-2)10-21-23-19(26)13-6-4-5-7-14(13)22-20(23)27/h4-10H,3,11H2,1-2H3,(H,22,27). The number of ether oxygens (including phenoxy) is 3. The van der Waals surface area contributed by atoms with Gasteiger partial charge in [0.05, 0.1) is 35.8 Å². The summed E-state index contributed by atoms with van der Waals surface area (Å²) in [6.45, 7) is 1.19. The summed E-state index contributed by atoms with van der Waals surface area (Å²) in [5.41, 5.74) is -1.43. The van der Waals surface area contributed by atoms with E-state index >= 15 is 0 Å². The molecule has 0 saturated carbocycles. The number of esters is 1. The van der Waals surface area contributed by atoms with E-state index in [1.807, 2.05) is 0 Å². The van der Waals surface area contributed by atoms with Crippen LogP contribution in [0.4, 0.5) is 5.69 Å². The van der Waals surface area contributed by atoms with Crippen molar-refractivity contribution in [2.75, 3.05) is 20.3 Å². The molecule has 12 heteroatoms. The van der Waals surface area contributed by atoms with E-state index < -0.39 is 34.4 Å². The molecule has 0 fully saturated rings. The predicted molar refractivity (Wildman–Crippen MR) is 114 cm³/mol. The minimum Gasteiger partial charge on any atom is -0.493 e. The van der Waals surface area contributed by atoms with Gasteiger partial charge in [-0.2, -0.15) is 5.10 Å². The van der Waals surface area contributed by atoms with Gasteiger partial charge in [-0.3, -0.25) is 14.9 Å². The molecule has 0 saturated heterocycles. The summed E-state index contributed by atoms with van der Waals surface area (Å²) in [5.74, 6) is -1.03. The number of hydrogen-bond acceptors (Lipinski definition) is 9. The molecule has 0 radical (unpaired) electrons. The molecule has 12 nitrogen and oxygen atoms in total. The van der Waals surface area contributed by atoms with Gasteiger partial charge in [0.25, 0.3) is 5.56 Å². The highest BCUT2D eigenvalue weighted by molar-refractivity contribution is 5.83. The third kappa shape index (κ3) is 4.64. The molecular weight excluding hydrogens is 424 g/mol. The molecule has 0 atom stereocenters. The van der Waals surface area contributed by atoms with Crippen LogP contribution < -0.4 is 20.7 Å². The number of hydrogen-bond donors (Lipinski definition) is 1. The van der Waals surface area contributed by atoms with Gasteiger partial charge >= 0.3 is 17.3 Å². The number of nitrogens with one attached hydrogen (secondary N) is 1. The molecule has 0 aliphatic rings. The molecule has 0 spiro atoms. The first-order valence-corrected chi connectivity index (χ1v) is 9.29. The number of carbonyl (C=O) groups is 1. The van der Waals surface area contributed by atoms with E-state index in [1.54, 1.807) is 25.1 Å². The van der Waals surface area contributed by atoms with Crippen molar-refractivity contribution in [2.24, 2.45) is 5.10 Å². The van der Waals surface area contributed by atoms with E-state index in [9.17, 15) is 24.5 Å². The van der Waals surface area contributed by atoms with E-state index in [4.69, 9.17) is 14.2 Å². The maximum Gasteiger partial charge on any atom is 0.349 e. The van der Waals surface area contributed by atoms with Crippen LogP contribution in [0.15, 0.2) is 51.1 Å². The molecule has 0 bridgehead atoms. The summed E-state index contributed by atoms with van der Waals surface area (Å²) >= 11 is 0. The Hall–Kier alpha value is -4.48. The van der Waals surface area contributed by atoms with Gasteiger partial charge in [0, 0.05) is 11.6 Å². The first kappa shape index (κ1) is 22.2. The summed E-state index contributed by atoms with van der Waals surface area (Å²) < 4.78 is 15.7. The van der Waals surface area contributed by atoms with E-state index in [1.165, 1.54) is 19.2 Å². The average Bonchev–Trinajstić information content (AvgIpc) is 2.77. The summed E-state index contributed by atoms with van der Waals surface area (Å²) in [4.78, 5) is 49.7. The molecule has 0 aliphatic carbocycles. The van der Waals surface area contributed by atoms with Crippen LogP contribution >= 0.6 is 0 Å². The number of nitro groups is 1. The van der Waals surface area contributed by atoms with Crippen molar-refractivity contribution in [1.29, 1.82) is 0 Å². The topological polar surface area (TPSA) is 155 Å². The zero-order chi connectivity index (χ0) is 23.3. The lowest BCUT2D eigenvalue weighted by Gasteiger charge is -2.11. The van der Waals surface area contributed by atoms with Crippen LogP contribution in [-0.4, -0.2) is 47.1 Å². The fourth-order valence-corrected chi connectivity index (χ4v) is 2.83. The number of benzene rings is 2. The van der Waals surface area contributed by atoms with Crippen LogP contribution in [0.25, 0.3) is 10.9 Å². The number of nitro benzene ring substituents is 1. The lowest BCUT2D eigenvalue weighted by atomic mass is 10.2. The van der Waals surface area contributed by atoms with Crippen molar-refractivity contribution in [2.45, 2.75) is 6.92 Å². The molecule has 0 aliphatic heterocycles. The highest BCUT2D eigenvalue weighted by Gasteiger charge is 2.23. The van der Waals surface area contributed by atoms with Gasteiger partial charge < -0.3 is 19.2 Å². The first-order chi connectivity index (χ1) is 15.3. The molecule has 3 aromatic rings. The molecular formula is C20H18N4O8. The fraction of sp³-hybridized carbons (Fsp3) is 0.200. The van der Waals surface area contributed by atoms with Crippen molar-refractivity contribution in [1.82, 2.24) is 9.66 Å². The molecule has 2 aromatic carbocycles. The summed E-state index contributed by atoms with van der Waals surface area (Å²) in [6.07, 6.45) is 1.09. The molecule has 166 valence electrons. The zero-order valence-electron chi connectivity index (χ0n) is 17.1. The number of H-pyrrole nitrogens is 1. The quantitative estimate of drug-likeness (QED) is 0.238. The SMILES string of the molecule is CCOC(=O)COc1c(OC)cc(C=Nn2c(=O)[nH]c3ccccc3c2=O)cc1[N+](=O)[O-]. The number of para-hydroxylation sites is 1. The fourth-order valence-electron chi connectivity index (χ4n) is 2.83. The van der Waals surface area contributed by atoms with Gasteiger partial charge in [0.2, 0.25) is 5.75 Å². The Kier molecular flexibility index (Phi) is 6.63. The second-order valence-corrected chi connectivity index (χ2v) is 6.26. The molecule has 1 heterocycles. The summed E-state index contributed by atoms with van der Waals surface area (Å²) in [7, 11) is 1.26. The Balaban J connectivity index is 2.01. The molecule has 0 amide bonds. The van der Waals surface area contributed by atoms with Crippen molar-refractivity contribution >= 4 is 28.8 Å². The Morgan fingerprint density at radius 2 is 2.03 bits per heavy atom. The number of methoxy groups -OCH3 is 1. The largest absolute Gasteiger partial charge is 0.493 e. The maximum atomic E-state index is 12.6. The number of rotatable bonds is 8. The van der Waals surface area contributed by atoms with E-state index in [-0.39, 0.29) is 29.1 Å². The summed E-state index contributed by atoms with van der Waals surface area (Å²) in [5, 5.41) is 15.7. The minimum atomic E-state index is -0.777. The van der Waals surface area contributed by atoms with Crippen molar-refractivity contribution < 1.29 is 23.9 Å². The van der Waals surface area contributed by atoms with Gasteiger partial charge in [0.15, 0.2) is 12.4 Å².